The second kappa shape index (κ2) is 5.91. The number of aryl methyl sites for hydroxylation is 1. The lowest BCUT2D eigenvalue weighted by Crippen LogP contribution is -1.97. The summed E-state index contributed by atoms with van der Waals surface area (Å²) in [5, 5.41) is 0.155. The monoisotopic (exact) mass is 366 g/mol. The molecule has 0 fully saturated rings. The highest BCUT2D eigenvalue weighted by Gasteiger charge is 2.17. The van der Waals surface area contributed by atoms with Crippen molar-refractivity contribution in [2.75, 3.05) is 0 Å². The van der Waals surface area contributed by atoms with E-state index in [0.29, 0.717) is 17.0 Å². The van der Waals surface area contributed by atoms with Crippen LogP contribution in [0.25, 0.3) is 0 Å². The van der Waals surface area contributed by atoms with Gasteiger partial charge < -0.3 is 0 Å². The summed E-state index contributed by atoms with van der Waals surface area (Å²) in [6, 6.07) is 6.69. The minimum Gasteiger partial charge on any atom is -0.207 e. The van der Waals surface area contributed by atoms with Crippen molar-refractivity contribution < 1.29 is 4.39 Å². The Bertz CT molecular complexity index is 528. The molecule has 0 bridgehead atoms. The predicted octanol–water partition coefficient (Wildman–Crippen LogP) is 6.13. The van der Waals surface area contributed by atoms with E-state index >= 15 is 0 Å². The normalized spacial score (nSPS) is 12.7. The van der Waals surface area contributed by atoms with Crippen molar-refractivity contribution in [2.24, 2.45) is 0 Å². The van der Waals surface area contributed by atoms with Crippen molar-refractivity contribution in [1.29, 1.82) is 0 Å². The zero-order valence-corrected chi connectivity index (χ0v) is 13.4. The number of benzene rings is 1. The quantitative estimate of drug-likeness (QED) is 0.572. The van der Waals surface area contributed by atoms with Gasteiger partial charge in [-0.3, -0.25) is 0 Å². The van der Waals surface area contributed by atoms with Gasteiger partial charge in [0.25, 0.3) is 0 Å². The summed E-state index contributed by atoms with van der Waals surface area (Å²) < 4.78 is 14.7. The number of halogens is 4. The molecule has 0 saturated carbocycles. The van der Waals surface area contributed by atoms with Gasteiger partial charge in [0.15, 0.2) is 0 Å². The first-order chi connectivity index (χ1) is 8.49. The molecule has 2 aromatic rings. The maximum absolute atomic E-state index is 13.7. The summed E-state index contributed by atoms with van der Waals surface area (Å²) >= 11 is 17.4. The van der Waals surface area contributed by atoms with Crippen LogP contribution in [-0.2, 0) is 6.42 Å². The summed E-state index contributed by atoms with van der Waals surface area (Å²) in [5.41, 5.74) is 1.61. The van der Waals surface area contributed by atoms with Crippen molar-refractivity contribution in [1.82, 2.24) is 0 Å². The fraction of sp³-hybridized carbons (Fsp3) is 0.231. The Kier molecular flexibility index (Phi) is 4.70. The van der Waals surface area contributed by atoms with E-state index in [1.165, 1.54) is 6.07 Å². The van der Waals surface area contributed by atoms with Crippen LogP contribution in [0.5, 0.6) is 0 Å². The Labute approximate surface area is 128 Å². The second-order valence-electron chi connectivity index (χ2n) is 3.98. The molecule has 0 aliphatic heterocycles. The van der Waals surface area contributed by atoms with E-state index in [0.717, 1.165) is 14.2 Å². The van der Waals surface area contributed by atoms with Gasteiger partial charge in [-0.25, -0.2) is 4.39 Å². The van der Waals surface area contributed by atoms with Crippen LogP contribution in [0.2, 0.25) is 5.02 Å². The zero-order chi connectivity index (χ0) is 13.3. The highest BCUT2D eigenvalue weighted by Crippen LogP contribution is 2.37. The third-order valence-corrected chi connectivity index (χ3v) is 5.75. The van der Waals surface area contributed by atoms with E-state index in [4.69, 9.17) is 23.2 Å². The molecule has 0 N–H and O–H groups in total. The van der Waals surface area contributed by atoms with Gasteiger partial charge in [0, 0.05) is 15.5 Å². The number of hydrogen-bond donors (Lipinski definition) is 0. The maximum atomic E-state index is 13.7. The topological polar surface area (TPSA) is 0 Å². The van der Waals surface area contributed by atoms with Crippen LogP contribution in [0, 0.1) is 12.7 Å². The molecular formula is C13H10BrCl2FS. The van der Waals surface area contributed by atoms with Crippen LogP contribution in [0.3, 0.4) is 0 Å². The summed E-state index contributed by atoms with van der Waals surface area (Å²) in [5.74, 6) is -0.305. The van der Waals surface area contributed by atoms with Gasteiger partial charge in [-0.2, -0.15) is 0 Å². The summed E-state index contributed by atoms with van der Waals surface area (Å²) in [7, 11) is 0. The maximum Gasteiger partial charge on any atom is 0.127 e. The van der Waals surface area contributed by atoms with Crippen LogP contribution in [0.4, 0.5) is 4.39 Å². The summed E-state index contributed by atoms with van der Waals surface area (Å²) in [4.78, 5) is 1.01. The van der Waals surface area contributed by atoms with Crippen LogP contribution in [0.15, 0.2) is 28.1 Å². The van der Waals surface area contributed by atoms with E-state index in [9.17, 15) is 4.39 Å². The molecule has 96 valence electrons. The number of rotatable bonds is 3. The molecule has 0 nitrogen and oxygen atoms in total. The largest absolute Gasteiger partial charge is 0.207 e. The third-order valence-electron chi connectivity index (χ3n) is 2.63. The molecule has 1 heterocycles. The lowest BCUT2D eigenvalue weighted by Gasteiger charge is -2.09. The third kappa shape index (κ3) is 3.08. The van der Waals surface area contributed by atoms with Gasteiger partial charge in [-0.15, -0.1) is 22.9 Å². The van der Waals surface area contributed by atoms with Crippen molar-refractivity contribution in [3.63, 3.8) is 0 Å². The summed E-state index contributed by atoms with van der Waals surface area (Å²) in [6.45, 7) is 2.00. The van der Waals surface area contributed by atoms with Crippen molar-refractivity contribution in [3.8, 4) is 0 Å². The number of alkyl halides is 1. The molecule has 0 amide bonds. The van der Waals surface area contributed by atoms with Crippen molar-refractivity contribution in [3.05, 3.63) is 54.9 Å². The van der Waals surface area contributed by atoms with Crippen molar-refractivity contribution >= 4 is 50.5 Å². The molecule has 1 aromatic carbocycles. The molecule has 0 aliphatic carbocycles. The second-order valence-corrected chi connectivity index (χ2v) is 7.31. The first-order valence-corrected chi connectivity index (χ1v) is 7.74. The fourth-order valence-electron chi connectivity index (χ4n) is 1.65. The minimum absolute atomic E-state index is 0.269. The molecule has 18 heavy (non-hydrogen) atoms. The van der Waals surface area contributed by atoms with E-state index in [2.05, 4.69) is 15.9 Å². The minimum atomic E-state index is -0.305. The number of thiophene rings is 1. The lowest BCUT2D eigenvalue weighted by molar-refractivity contribution is 0.608. The van der Waals surface area contributed by atoms with Gasteiger partial charge in [0.2, 0.25) is 0 Å². The average Bonchev–Trinajstić information content (AvgIpc) is 2.64. The van der Waals surface area contributed by atoms with E-state index in [1.807, 2.05) is 13.0 Å². The Morgan fingerprint density at radius 3 is 2.72 bits per heavy atom. The van der Waals surface area contributed by atoms with Gasteiger partial charge in [0.1, 0.15) is 5.82 Å². The van der Waals surface area contributed by atoms with E-state index in [1.54, 1.807) is 23.5 Å². The molecule has 2 rings (SSSR count). The molecule has 5 heteroatoms. The lowest BCUT2D eigenvalue weighted by atomic mass is 10.1. The Morgan fingerprint density at radius 2 is 2.17 bits per heavy atom. The SMILES string of the molecule is Cc1cc(C(Cl)Cc2c(F)cccc2Cl)sc1Br. The first-order valence-electron chi connectivity index (χ1n) is 5.32. The van der Waals surface area contributed by atoms with Crippen LogP contribution in [0.1, 0.15) is 21.4 Å². The first kappa shape index (κ1) is 14.3. The van der Waals surface area contributed by atoms with E-state index in [-0.39, 0.29) is 11.2 Å². The molecule has 0 spiro atoms. The van der Waals surface area contributed by atoms with Gasteiger partial charge in [0.05, 0.1) is 9.16 Å². The molecule has 0 saturated heterocycles. The molecule has 1 atom stereocenters. The molecule has 1 aromatic heterocycles. The summed E-state index contributed by atoms with van der Waals surface area (Å²) in [6.07, 6.45) is 0.388. The van der Waals surface area contributed by atoms with Crippen molar-refractivity contribution in [2.45, 2.75) is 18.7 Å². The zero-order valence-electron chi connectivity index (χ0n) is 9.51. The van der Waals surface area contributed by atoms with E-state index < -0.39 is 0 Å². The smallest absolute Gasteiger partial charge is 0.127 e. The van der Waals surface area contributed by atoms with Crippen LogP contribution < -0.4 is 0 Å². The van der Waals surface area contributed by atoms with Gasteiger partial charge in [-0.1, -0.05) is 17.7 Å². The van der Waals surface area contributed by atoms with Gasteiger partial charge >= 0.3 is 0 Å². The Balaban J connectivity index is 2.23. The molecule has 0 aliphatic rings. The van der Waals surface area contributed by atoms with Crippen LogP contribution >= 0.6 is 50.5 Å². The highest BCUT2D eigenvalue weighted by atomic mass is 79.9. The predicted molar refractivity (Wildman–Crippen MR) is 80.5 cm³/mol. The van der Waals surface area contributed by atoms with Crippen LogP contribution in [-0.4, -0.2) is 0 Å². The fourth-order valence-corrected chi connectivity index (χ4v) is 3.79. The average molecular weight is 368 g/mol. The number of hydrogen-bond acceptors (Lipinski definition) is 1. The highest BCUT2D eigenvalue weighted by molar-refractivity contribution is 9.11. The molecule has 0 radical (unpaired) electrons. The standard InChI is InChI=1S/C13H10BrCl2FS/c1-7-5-12(18-13(7)14)10(16)6-8-9(15)3-2-4-11(8)17/h2-5,10H,6H2,1H3. The van der Waals surface area contributed by atoms with Gasteiger partial charge in [-0.05, 0) is 53.0 Å². The molecular weight excluding hydrogens is 358 g/mol. The Morgan fingerprint density at radius 1 is 1.44 bits per heavy atom. The Hall–Kier alpha value is -0.0900. The molecule has 1 unspecified atom stereocenters.